The van der Waals surface area contributed by atoms with Crippen LogP contribution in [0, 0.1) is 5.92 Å². The average molecular weight is 275 g/mol. The molecule has 2 rings (SSSR count). The SMILES string of the molecule is CC1CCN(Cc2cccc(CNC(=O)CN)c2)CC1. The Morgan fingerprint density at radius 3 is 2.75 bits per heavy atom. The van der Waals surface area contributed by atoms with E-state index in [1.165, 1.54) is 31.5 Å². The number of likely N-dealkylation sites (tertiary alicyclic amines) is 1. The standard InChI is InChI=1S/C16H25N3O/c1-13-5-7-19(8-6-13)12-15-4-2-3-14(9-15)11-18-16(20)10-17/h2-4,9,13H,5-8,10-12,17H2,1H3,(H,18,20). The number of hydrogen-bond acceptors (Lipinski definition) is 3. The molecule has 0 bridgehead atoms. The maximum Gasteiger partial charge on any atom is 0.234 e. The van der Waals surface area contributed by atoms with Crippen LogP contribution >= 0.6 is 0 Å². The highest BCUT2D eigenvalue weighted by Gasteiger charge is 2.15. The number of benzene rings is 1. The first kappa shape index (κ1) is 15.0. The lowest BCUT2D eigenvalue weighted by Gasteiger charge is -2.30. The molecule has 0 radical (unpaired) electrons. The lowest BCUT2D eigenvalue weighted by molar-refractivity contribution is -0.119. The molecule has 1 fully saturated rings. The van der Waals surface area contributed by atoms with E-state index in [-0.39, 0.29) is 12.5 Å². The van der Waals surface area contributed by atoms with Gasteiger partial charge in [0.25, 0.3) is 0 Å². The van der Waals surface area contributed by atoms with Crippen molar-refractivity contribution in [1.82, 2.24) is 10.2 Å². The summed E-state index contributed by atoms with van der Waals surface area (Å²) in [6.45, 7) is 6.32. The van der Waals surface area contributed by atoms with Crippen molar-refractivity contribution in [2.45, 2.75) is 32.9 Å². The van der Waals surface area contributed by atoms with Gasteiger partial charge in [-0.25, -0.2) is 0 Å². The summed E-state index contributed by atoms with van der Waals surface area (Å²) in [4.78, 5) is 13.7. The van der Waals surface area contributed by atoms with Crippen molar-refractivity contribution in [3.63, 3.8) is 0 Å². The van der Waals surface area contributed by atoms with Crippen molar-refractivity contribution in [3.8, 4) is 0 Å². The minimum atomic E-state index is -0.111. The second-order valence-electron chi connectivity index (χ2n) is 5.76. The molecule has 1 heterocycles. The van der Waals surface area contributed by atoms with Crippen LogP contribution in [0.4, 0.5) is 0 Å². The Bertz CT molecular complexity index is 439. The van der Waals surface area contributed by atoms with Crippen LogP contribution in [0.2, 0.25) is 0 Å². The predicted molar refractivity (Wildman–Crippen MR) is 81.0 cm³/mol. The summed E-state index contributed by atoms with van der Waals surface area (Å²) >= 11 is 0. The molecule has 1 amide bonds. The molecule has 1 aliphatic heterocycles. The van der Waals surface area contributed by atoms with Crippen molar-refractivity contribution in [3.05, 3.63) is 35.4 Å². The Balaban J connectivity index is 1.87. The van der Waals surface area contributed by atoms with Crippen LogP contribution in [0.3, 0.4) is 0 Å². The number of carbonyl (C=O) groups is 1. The maximum atomic E-state index is 11.2. The Hall–Kier alpha value is -1.39. The number of nitrogens with one attached hydrogen (secondary N) is 1. The van der Waals surface area contributed by atoms with E-state index in [1.54, 1.807) is 0 Å². The average Bonchev–Trinajstić information content (AvgIpc) is 2.47. The zero-order valence-electron chi connectivity index (χ0n) is 12.3. The summed E-state index contributed by atoms with van der Waals surface area (Å²) in [5.74, 6) is 0.754. The molecule has 0 aromatic heterocycles. The van der Waals surface area contributed by atoms with E-state index in [0.29, 0.717) is 6.54 Å². The Kier molecular flexibility index (Phi) is 5.56. The molecule has 0 spiro atoms. The number of nitrogens with two attached hydrogens (primary N) is 1. The van der Waals surface area contributed by atoms with Gasteiger partial charge in [-0.3, -0.25) is 9.69 Å². The molecule has 20 heavy (non-hydrogen) atoms. The van der Waals surface area contributed by atoms with Gasteiger partial charge in [0.05, 0.1) is 6.54 Å². The number of amides is 1. The minimum absolute atomic E-state index is 0.0473. The van der Waals surface area contributed by atoms with Crippen LogP contribution in [0.25, 0.3) is 0 Å². The van der Waals surface area contributed by atoms with E-state index >= 15 is 0 Å². The maximum absolute atomic E-state index is 11.2. The first-order valence-electron chi connectivity index (χ1n) is 7.44. The number of nitrogens with zero attached hydrogens (tertiary/aromatic N) is 1. The summed E-state index contributed by atoms with van der Waals surface area (Å²) in [6, 6.07) is 8.44. The van der Waals surface area contributed by atoms with E-state index in [2.05, 4.69) is 35.3 Å². The van der Waals surface area contributed by atoms with Crippen LogP contribution in [0.15, 0.2) is 24.3 Å². The fourth-order valence-electron chi connectivity index (χ4n) is 2.59. The Morgan fingerprint density at radius 1 is 1.35 bits per heavy atom. The molecule has 1 aliphatic rings. The van der Waals surface area contributed by atoms with Crippen molar-refractivity contribution in [2.75, 3.05) is 19.6 Å². The van der Waals surface area contributed by atoms with Crippen LogP contribution in [-0.4, -0.2) is 30.4 Å². The van der Waals surface area contributed by atoms with E-state index in [0.717, 1.165) is 18.0 Å². The van der Waals surface area contributed by atoms with Crippen molar-refractivity contribution in [1.29, 1.82) is 0 Å². The third-order valence-corrected chi connectivity index (χ3v) is 3.95. The lowest BCUT2D eigenvalue weighted by atomic mass is 9.98. The fourth-order valence-corrected chi connectivity index (χ4v) is 2.59. The normalized spacial score (nSPS) is 17.1. The Morgan fingerprint density at radius 2 is 2.05 bits per heavy atom. The third kappa shape index (κ3) is 4.62. The van der Waals surface area contributed by atoms with Gasteiger partial charge in [0.1, 0.15) is 0 Å². The van der Waals surface area contributed by atoms with Crippen molar-refractivity contribution in [2.24, 2.45) is 11.7 Å². The molecule has 4 heteroatoms. The first-order chi connectivity index (χ1) is 9.67. The van der Waals surface area contributed by atoms with Gasteiger partial charge in [0, 0.05) is 13.1 Å². The van der Waals surface area contributed by atoms with E-state index in [9.17, 15) is 4.79 Å². The van der Waals surface area contributed by atoms with Crippen LogP contribution < -0.4 is 11.1 Å². The molecule has 0 unspecified atom stereocenters. The molecule has 3 N–H and O–H groups in total. The van der Waals surface area contributed by atoms with Gasteiger partial charge in [0.2, 0.25) is 5.91 Å². The highest BCUT2D eigenvalue weighted by Crippen LogP contribution is 2.18. The van der Waals surface area contributed by atoms with E-state index in [1.807, 2.05) is 6.07 Å². The van der Waals surface area contributed by atoms with Crippen molar-refractivity contribution < 1.29 is 4.79 Å². The lowest BCUT2D eigenvalue weighted by Crippen LogP contribution is -2.32. The summed E-state index contributed by atoms with van der Waals surface area (Å²) in [6.07, 6.45) is 2.60. The van der Waals surface area contributed by atoms with Crippen LogP contribution in [-0.2, 0) is 17.9 Å². The highest BCUT2D eigenvalue weighted by molar-refractivity contribution is 5.77. The van der Waals surface area contributed by atoms with Crippen molar-refractivity contribution >= 4 is 5.91 Å². The Labute approximate surface area is 121 Å². The monoisotopic (exact) mass is 275 g/mol. The zero-order valence-corrected chi connectivity index (χ0v) is 12.3. The third-order valence-electron chi connectivity index (χ3n) is 3.95. The van der Waals surface area contributed by atoms with Crippen LogP contribution in [0.1, 0.15) is 30.9 Å². The van der Waals surface area contributed by atoms with Gasteiger partial charge >= 0.3 is 0 Å². The molecule has 1 aromatic carbocycles. The molecule has 4 nitrogen and oxygen atoms in total. The predicted octanol–water partition coefficient (Wildman–Crippen LogP) is 1.49. The second-order valence-corrected chi connectivity index (χ2v) is 5.76. The highest BCUT2D eigenvalue weighted by atomic mass is 16.1. The summed E-state index contributed by atoms with van der Waals surface area (Å²) in [7, 11) is 0. The molecule has 1 saturated heterocycles. The topological polar surface area (TPSA) is 58.4 Å². The molecule has 0 saturated carbocycles. The number of carbonyl (C=O) groups excluding carboxylic acids is 1. The zero-order chi connectivity index (χ0) is 14.4. The number of hydrogen-bond donors (Lipinski definition) is 2. The molecule has 1 aromatic rings. The van der Waals surface area contributed by atoms with Gasteiger partial charge in [-0.05, 0) is 43.0 Å². The largest absolute Gasteiger partial charge is 0.351 e. The number of piperidine rings is 1. The van der Waals surface area contributed by atoms with Gasteiger partial charge in [-0.15, -0.1) is 0 Å². The molecular weight excluding hydrogens is 250 g/mol. The van der Waals surface area contributed by atoms with Gasteiger partial charge < -0.3 is 11.1 Å². The first-order valence-corrected chi connectivity index (χ1v) is 7.44. The quantitative estimate of drug-likeness (QED) is 0.856. The van der Waals surface area contributed by atoms with Gasteiger partial charge in [-0.2, -0.15) is 0 Å². The molecular formula is C16H25N3O. The minimum Gasteiger partial charge on any atom is -0.351 e. The molecule has 0 atom stereocenters. The molecule has 0 aliphatic carbocycles. The summed E-state index contributed by atoms with van der Waals surface area (Å²) in [5, 5.41) is 2.81. The second kappa shape index (κ2) is 7.41. The van der Waals surface area contributed by atoms with E-state index < -0.39 is 0 Å². The van der Waals surface area contributed by atoms with Crippen LogP contribution in [0.5, 0.6) is 0 Å². The molecule has 110 valence electrons. The van der Waals surface area contributed by atoms with E-state index in [4.69, 9.17) is 5.73 Å². The smallest absolute Gasteiger partial charge is 0.234 e. The van der Waals surface area contributed by atoms with Gasteiger partial charge in [-0.1, -0.05) is 31.2 Å². The summed E-state index contributed by atoms with van der Waals surface area (Å²) < 4.78 is 0. The number of rotatable bonds is 5. The summed E-state index contributed by atoms with van der Waals surface area (Å²) in [5.41, 5.74) is 7.73. The fraction of sp³-hybridized carbons (Fsp3) is 0.562. The van der Waals surface area contributed by atoms with Gasteiger partial charge in [0.15, 0.2) is 0 Å².